The average Bonchev–Trinajstić information content (AvgIpc) is 4.46. The van der Waals surface area contributed by atoms with Crippen molar-refractivity contribution in [2.45, 2.75) is 104 Å². The number of benzene rings is 4. The Labute approximate surface area is 489 Å². The zero-order chi connectivity index (χ0) is 58.8. The molecule has 0 aliphatic carbocycles. The first-order valence-electron chi connectivity index (χ1n) is 27.0. The van der Waals surface area contributed by atoms with Gasteiger partial charge in [0, 0.05) is 103 Å². The molecular formula is C59H74Br2F2N12O6. The largest absolute Gasteiger partial charge is 0.444 e. The Hall–Kier alpha value is -6.59. The quantitative estimate of drug-likeness (QED) is 0.0936. The summed E-state index contributed by atoms with van der Waals surface area (Å²) in [6, 6.07) is 21.2. The van der Waals surface area contributed by atoms with Crippen molar-refractivity contribution in [3.8, 4) is 22.5 Å². The van der Waals surface area contributed by atoms with Crippen LogP contribution >= 0.6 is 31.9 Å². The summed E-state index contributed by atoms with van der Waals surface area (Å²) in [7, 11) is 7.64. The van der Waals surface area contributed by atoms with Crippen LogP contribution in [-0.2, 0) is 27.4 Å². The molecule has 0 spiro atoms. The molecule has 2 atom stereocenters. The number of aromatic nitrogens is 6. The van der Waals surface area contributed by atoms with Crippen molar-refractivity contribution in [2.24, 2.45) is 0 Å². The maximum atomic E-state index is 15.1. The van der Waals surface area contributed by atoms with Gasteiger partial charge in [0.25, 0.3) is 5.91 Å². The number of amides is 3. The van der Waals surface area contributed by atoms with Gasteiger partial charge in [0.1, 0.15) is 52.6 Å². The lowest BCUT2D eigenvalue weighted by molar-refractivity contribution is -0.134. The monoisotopic (exact) mass is 1240 g/mol. The maximum absolute atomic E-state index is 15.1. The molecule has 2 fully saturated rings. The molecule has 2 saturated heterocycles. The second-order valence-electron chi connectivity index (χ2n) is 22.5. The van der Waals surface area contributed by atoms with Gasteiger partial charge in [-0.3, -0.25) is 34.2 Å². The van der Waals surface area contributed by atoms with Gasteiger partial charge < -0.3 is 29.5 Å². The average molecular weight is 1250 g/mol. The number of ether oxygens (including phenoxy) is 2. The van der Waals surface area contributed by atoms with E-state index in [0.29, 0.717) is 74.6 Å². The molecular weight excluding hydrogens is 1170 g/mol. The van der Waals surface area contributed by atoms with Gasteiger partial charge in [-0.1, -0.05) is 44.0 Å². The highest BCUT2D eigenvalue weighted by molar-refractivity contribution is 9.10. The van der Waals surface area contributed by atoms with Crippen LogP contribution in [0.2, 0.25) is 0 Å². The molecule has 0 bridgehead atoms. The molecule has 3 amide bonds. The van der Waals surface area contributed by atoms with Crippen molar-refractivity contribution in [3.63, 3.8) is 0 Å². The summed E-state index contributed by atoms with van der Waals surface area (Å²) in [4.78, 5) is 62.8. The lowest BCUT2D eigenvalue weighted by Gasteiger charge is -2.30. The van der Waals surface area contributed by atoms with Gasteiger partial charge >= 0.3 is 12.2 Å². The van der Waals surface area contributed by atoms with Crippen LogP contribution in [0.5, 0.6) is 0 Å². The summed E-state index contributed by atoms with van der Waals surface area (Å²) in [6.45, 7) is 16.1. The second-order valence-corrected chi connectivity index (χ2v) is 24.3. The number of carbonyl (C=O) groups excluding carboxylic acids is 4. The molecule has 0 saturated carbocycles. The SMILES string of the molecule is CC(C)(C)OC(=O)N1CCC[C@H]1C(=O)n1ccnc1.CN(CCN(C)C(=O)[C@@H]1CCCN1C(=O)OC(C)(C)C)Cc1ccc(-c2n[nH]c3cc(Br)ccc23)c(F)c1.CNCCN(C)Cc1ccc(-c2n[nH]c3cc(Br)ccc23)c(F)c1. The lowest BCUT2D eigenvalue weighted by atomic mass is 10.0. The Bertz CT molecular complexity index is 3290. The van der Waals surface area contributed by atoms with Gasteiger partial charge in [-0.05, 0) is 160 Å². The molecule has 2 aliphatic heterocycles. The van der Waals surface area contributed by atoms with E-state index >= 15 is 4.39 Å². The number of nitrogens with zero attached hydrogens (tertiary/aromatic N) is 9. The number of rotatable bonds is 14. The number of hydrogen-bond acceptors (Lipinski definition) is 12. The molecule has 434 valence electrons. The van der Waals surface area contributed by atoms with Crippen LogP contribution in [-0.4, -0.2) is 169 Å². The number of hydrogen-bond donors (Lipinski definition) is 3. The van der Waals surface area contributed by atoms with Crippen LogP contribution in [0.15, 0.2) is 100 Å². The van der Waals surface area contributed by atoms with E-state index in [1.165, 1.54) is 21.9 Å². The van der Waals surface area contributed by atoms with E-state index in [4.69, 9.17) is 9.47 Å². The summed E-state index contributed by atoms with van der Waals surface area (Å²) < 4.78 is 43.8. The predicted octanol–water partition coefficient (Wildman–Crippen LogP) is 11.1. The number of fused-ring (bicyclic) bond motifs is 2. The summed E-state index contributed by atoms with van der Waals surface area (Å²) >= 11 is 6.87. The molecule has 81 heavy (non-hydrogen) atoms. The minimum atomic E-state index is -0.608. The van der Waals surface area contributed by atoms with E-state index < -0.39 is 35.5 Å². The third kappa shape index (κ3) is 16.8. The summed E-state index contributed by atoms with van der Waals surface area (Å²) in [5, 5.41) is 19.4. The fourth-order valence-electron chi connectivity index (χ4n) is 9.55. The van der Waals surface area contributed by atoms with Crippen LogP contribution in [0.25, 0.3) is 44.3 Å². The van der Waals surface area contributed by atoms with E-state index in [0.717, 1.165) is 67.8 Å². The van der Waals surface area contributed by atoms with E-state index in [-0.39, 0.29) is 23.4 Å². The number of halogens is 4. The smallest absolute Gasteiger partial charge is 0.410 e. The Morgan fingerprint density at radius 3 is 1.62 bits per heavy atom. The fraction of sp³-hybridized carbons (Fsp3) is 0.441. The van der Waals surface area contributed by atoms with Crippen molar-refractivity contribution >= 4 is 77.7 Å². The van der Waals surface area contributed by atoms with Crippen LogP contribution in [0.1, 0.15) is 83.1 Å². The predicted molar refractivity (Wildman–Crippen MR) is 317 cm³/mol. The Balaban J connectivity index is 0.000000188. The Kier molecular flexibility index (Phi) is 21.0. The van der Waals surface area contributed by atoms with Crippen molar-refractivity contribution in [1.82, 2.24) is 59.8 Å². The van der Waals surface area contributed by atoms with Gasteiger partial charge in [-0.25, -0.2) is 23.4 Å². The highest BCUT2D eigenvalue weighted by Crippen LogP contribution is 2.33. The van der Waals surface area contributed by atoms with E-state index in [9.17, 15) is 23.6 Å². The molecule has 9 rings (SSSR count). The van der Waals surface area contributed by atoms with E-state index in [2.05, 4.69) is 67.5 Å². The molecule has 3 aromatic heterocycles. The number of aromatic amines is 2. The number of imidazole rings is 1. The first-order valence-corrected chi connectivity index (χ1v) is 28.6. The van der Waals surface area contributed by atoms with Gasteiger partial charge in [-0.2, -0.15) is 10.2 Å². The molecule has 3 N–H and O–H groups in total. The number of nitrogens with one attached hydrogen (secondary N) is 3. The second kappa shape index (κ2) is 27.5. The van der Waals surface area contributed by atoms with Crippen molar-refractivity contribution < 1.29 is 37.4 Å². The maximum Gasteiger partial charge on any atom is 0.410 e. The van der Waals surface area contributed by atoms with Gasteiger partial charge in [0.05, 0.1) is 11.0 Å². The molecule has 5 heterocycles. The highest BCUT2D eigenvalue weighted by Gasteiger charge is 2.39. The topological polar surface area (TPSA) is 190 Å². The summed E-state index contributed by atoms with van der Waals surface area (Å²) in [5.41, 5.74) is 4.53. The zero-order valence-corrected chi connectivity index (χ0v) is 51.0. The zero-order valence-electron chi connectivity index (χ0n) is 47.8. The van der Waals surface area contributed by atoms with Crippen LogP contribution < -0.4 is 5.32 Å². The van der Waals surface area contributed by atoms with E-state index in [1.807, 2.05) is 122 Å². The molecule has 0 radical (unpaired) electrons. The minimum Gasteiger partial charge on any atom is -0.444 e. The van der Waals surface area contributed by atoms with Crippen LogP contribution in [0, 0.1) is 11.6 Å². The normalized spacial score (nSPS) is 15.5. The first kappa shape index (κ1) is 62.0. The van der Waals surface area contributed by atoms with Crippen molar-refractivity contribution in [1.29, 1.82) is 0 Å². The molecule has 22 heteroatoms. The fourth-order valence-corrected chi connectivity index (χ4v) is 10.3. The van der Waals surface area contributed by atoms with E-state index in [1.54, 1.807) is 41.4 Å². The summed E-state index contributed by atoms with van der Waals surface area (Å²) in [6.07, 6.45) is 6.60. The van der Waals surface area contributed by atoms with Crippen molar-refractivity contribution in [3.05, 3.63) is 123 Å². The third-order valence-corrected chi connectivity index (χ3v) is 14.5. The first-order chi connectivity index (χ1) is 38.4. The number of likely N-dealkylation sites (N-methyl/N-ethyl adjacent to an activating group) is 4. The molecule has 7 aromatic rings. The Morgan fingerprint density at radius 2 is 1.16 bits per heavy atom. The minimum absolute atomic E-state index is 0.0876. The van der Waals surface area contributed by atoms with Crippen LogP contribution in [0.4, 0.5) is 18.4 Å². The van der Waals surface area contributed by atoms with Crippen molar-refractivity contribution in [2.75, 3.05) is 67.5 Å². The highest BCUT2D eigenvalue weighted by atomic mass is 79.9. The number of H-pyrrole nitrogens is 2. The molecule has 18 nitrogen and oxygen atoms in total. The third-order valence-electron chi connectivity index (χ3n) is 13.6. The molecule has 0 unspecified atom stereocenters. The lowest BCUT2D eigenvalue weighted by Crippen LogP contribution is -2.49. The van der Waals surface area contributed by atoms with Gasteiger partial charge in [0.15, 0.2) is 0 Å². The standard InChI is InChI=1S/C28H35BrFN5O3.C18H20BrFN4.C13H19N3O3/c1-28(2,3)38-27(37)35-12-6-7-24(35)26(36)34(5)14-13-33(4)17-18-8-10-20(22(30)15-18)25-21-11-9-19(29)16-23(21)31-32-25;1-21-7-8-24(2)11-12-3-5-14(16(20)9-12)18-15-6-4-13(19)10-17(15)22-23-18;1-13(2,3)19-12(18)16-7-4-5-10(16)11(17)15-8-6-14-9-15/h8-11,15-16,24H,6-7,12-14,17H2,1-5H3,(H,31,32);3-6,9-10,21H,7-8,11H2,1-2H3,(H,22,23);6,8-10H,4-5,7H2,1-3H3/t24-;;10-/m0.0/s1. The van der Waals surface area contributed by atoms with Gasteiger partial charge in [-0.15, -0.1) is 0 Å². The number of likely N-dealkylation sites (tertiary alicyclic amines) is 2. The molecule has 4 aromatic carbocycles. The summed E-state index contributed by atoms with van der Waals surface area (Å²) in [5.74, 6) is -0.801. The molecule has 2 aliphatic rings. The van der Waals surface area contributed by atoms with Gasteiger partial charge in [0.2, 0.25) is 5.91 Å². The number of carbonyl (C=O) groups is 4. The Morgan fingerprint density at radius 1 is 0.679 bits per heavy atom. The van der Waals surface area contributed by atoms with Crippen LogP contribution in [0.3, 0.4) is 0 Å².